The van der Waals surface area contributed by atoms with Crippen LogP contribution in [0, 0.1) is 13.8 Å². The first-order valence-electron chi connectivity index (χ1n) is 7.79. The van der Waals surface area contributed by atoms with Crippen molar-refractivity contribution in [2.75, 3.05) is 13.2 Å². The highest BCUT2D eigenvalue weighted by atomic mass is 16.5. The van der Waals surface area contributed by atoms with E-state index in [1.54, 1.807) is 0 Å². The molecule has 0 bridgehead atoms. The number of nitrogens with one attached hydrogen (secondary N) is 1. The van der Waals surface area contributed by atoms with E-state index in [1.807, 2.05) is 0 Å². The Morgan fingerprint density at radius 2 is 1.75 bits per heavy atom. The number of rotatable bonds is 6. The van der Waals surface area contributed by atoms with Gasteiger partial charge in [-0.25, -0.2) is 0 Å². The number of benzene rings is 1. The third-order valence-electron chi connectivity index (χ3n) is 4.04. The third kappa shape index (κ3) is 3.97. The Hall–Kier alpha value is -1.06. The van der Waals surface area contributed by atoms with Crippen molar-refractivity contribution in [1.29, 1.82) is 0 Å². The van der Waals surface area contributed by atoms with Gasteiger partial charge < -0.3 is 14.8 Å². The lowest BCUT2D eigenvalue weighted by Crippen LogP contribution is -2.29. The molecule has 2 unspecified atom stereocenters. The van der Waals surface area contributed by atoms with Gasteiger partial charge in [0.05, 0.1) is 12.2 Å². The fourth-order valence-corrected chi connectivity index (χ4v) is 2.84. The molecular weight excluding hydrogens is 250 g/mol. The van der Waals surface area contributed by atoms with Crippen LogP contribution >= 0.6 is 0 Å². The molecule has 2 aliphatic rings. The lowest BCUT2D eigenvalue weighted by molar-refractivity contribution is 0.0184. The fraction of sp³-hybridized carbons (Fsp3) is 0.647. The van der Waals surface area contributed by atoms with Crippen molar-refractivity contribution in [1.82, 2.24) is 5.32 Å². The van der Waals surface area contributed by atoms with Crippen LogP contribution in [0.2, 0.25) is 0 Å². The van der Waals surface area contributed by atoms with Gasteiger partial charge in [-0.2, -0.15) is 0 Å². The van der Waals surface area contributed by atoms with Gasteiger partial charge >= 0.3 is 0 Å². The fourth-order valence-electron chi connectivity index (χ4n) is 2.84. The van der Waals surface area contributed by atoms with Gasteiger partial charge in [0.1, 0.15) is 12.4 Å². The van der Waals surface area contributed by atoms with Crippen molar-refractivity contribution in [3.8, 4) is 5.75 Å². The van der Waals surface area contributed by atoms with Crippen LogP contribution in [-0.2, 0) is 4.74 Å². The molecule has 1 N–H and O–H groups in total. The van der Waals surface area contributed by atoms with Gasteiger partial charge in [-0.05, 0) is 62.8 Å². The zero-order chi connectivity index (χ0) is 13.9. The topological polar surface area (TPSA) is 30.5 Å². The second-order valence-corrected chi connectivity index (χ2v) is 6.27. The Morgan fingerprint density at radius 3 is 2.45 bits per heavy atom. The molecule has 3 heteroatoms. The van der Waals surface area contributed by atoms with Crippen LogP contribution in [0.4, 0.5) is 0 Å². The molecule has 1 aromatic carbocycles. The molecule has 1 saturated carbocycles. The Balaban J connectivity index is 1.42. The lowest BCUT2D eigenvalue weighted by Gasteiger charge is -2.15. The SMILES string of the molecule is Cc1cc(C)cc(OCC2CCC(CNC3CC3)O2)c1. The van der Waals surface area contributed by atoms with Crippen LogP contribution in [0.25, 0.3) is 0 Å². The lowest BCUT2D eigenvalue weighted by atomic mass is 10.1. The van der Waals surface area contributed by atoms with Crippen molar-refractivity contribution >= 4 is 0 Å². The Bertz CT molecular complexity index is 436. The van der Waals surface area contributed by atoms with Crippen LogP contribution in [-0.4, -0.2) is 31.4 Å². The first kappa shape index (κ1) is 13.9. The molecule has 1 saturated heterocycles. The second kappa shape index (κ2) is 6.15. The molecular formula is C17H25NO2. The minimum atomic E-state index is 0.252. The van der Waals surface area contributed by atoms with Crippen LogP contribution in [0.5, 0.6) is 5.75 Å². The molecule has 0 aromatic heterocycles. The second-order valence-electron chi connectivity index (χ2n) is 6.27. The quantitative estimate of drug-likeness (QED) is 0.866. The zero-order valence-corrected chi connectivity index (χ0v) is 12.5. The summed E-state index contributed by atoms with van der Waals surface area (Å²) >= 11 is 0. The largest absolute Gasteiger partial charge is 0.491 e. The summed E-state index contributed by atoms with van der Waals surface area (Å²) in [6.45, 7) is 5.88. The van der Waals surface area contributed by atoms with Gasteiger partial charge in [-0.3, -0.25) is 0 Å². The highest BCUT2D eigenvalue weighted by Gasteiger charge is 2.28. The molecule has 0 spiro atoms. The van der Waals surface area contributed by atoms with Crippen molar-refractivity contribution < 1.29 is 9.47 Å². The van der Waals surface area contributed by atoms with E-state index in [0.717, 1.165) is 31.2 Å². The third-order valence-corrected chi connectivity index (χ3v) is 4.04. The van der Waals surface area contributed by atoms with E-state index in [2.05, 4.69) is 37.4 Å². The standard InChI is InChI=1S/C17H25NO2/c1-12-7-13(2)9-17(8-12)19-11-16-6-5-15(20-16)10-18-14-3-4-14/h7-9,14-16,18H,3-6,10-11H2,1-2H3. The van der Waals surface area contributed by atoms with E-state index in [9.17, 15) is 0 Å². The smallest absolute Gasteiger partial charge is 0.119 e. The van der Waals surface area contributed by atoms with E-state index >= 15 is 0 Å². The number of aryl methyl sites for hydroxylation is 2. The molecule has 20 heavy (non-hydrogen) atoms. The average molecular weight is 275 g/mol. The van der Waals surface area contributed by atoms with Gasteiger partial charge in [0.2, 0.25) is 0 Å². The van der Waals surface area contributed by atoms with Gasteiger partial charge in [0.25, 0.3) is 0 Å². The molecule has 3 nitrogen and oxygen atoms in total. The van der Waals surface area contributed by atoms with E-state index in [0.29, 0.717) is 12.7 Å². The maximum atomic E-state index is 6.03. The molecule has 1 aliphatic carbocycles. The predicted molar refractivity (Wildman–Crippen MR) is 80.3 cm³/mol. The molecule has 2 atom stereocenters. The molecule has 3 rings (SSSR count). The van der Waals surface area contributed by atoms with Crippen molar-refractivity contribution in [3.05, 3.63) is 29.3 Å². The molecule has 1 aromatic rings. The minimum absolute atomic E-state index is 0.252. The molecule has 1 aliphatic heterocycles. The van der Waals surface area contributed by atoms with Crippen molar-refractivity contribution in [2.24, 2.45) is 0 Å². The van der Waals surface area contributed by atoms with E-state index in [1.165, 1.54) is 24.0 Å². The summed E-state index contributed by atoms with van der Waals surface area (Å²) in [5.41, 5.74) is 2.50. The van der Waals surface area contributed by atoms with Gasteiger partial charge in [-0.15, -0.1) is 0 Å². The first-order valence-corrected chi connectivity index (χ1v) is 7.79. The minimum Gasteiger partial charge on any atom is -0.491 e. The number of hydrogen-bond donors (Lipinski definition) is 1. The van der Waals surface area contributed by atoms with E-state index in [-0.39, 0.29) is 6.10 Å². The molecule has 0 radical (unpaired) electrons. The van der Waals surface area contributed by atoms with Gasteiger partial charge in [0, 0.05) is 12.6 Å². The molecule has 1 heterocycles. The van der Waals surface area contributed by atoms with E-state index in [4.69, 9.17) is 9.47 Å². The van der Waals surface area contributed by atoms with Crippen molar-refractivity contribution in [2.45, 2.75) is 57.8 Å². The summed E-state index contributed by atoms with van der Waals surface area (Å²) < 4.78 is 11.9. The summed E-state index contributed by atoms with van der Waals surface area (Å²) in [6.07, 6.45) is 5.57. The predicted octanol–water partition coefficient (Wildman–Crippen LogP) is 2.98. The summed E-state index contributed by atoms with van der Waals surface area (Å²) in [7, 11) is 0. The summed E-state index contributed by atoms with van der Waals surface area (Å²) in [6, 6.07) is 7.12. The monoisotopic (exact) mass is 275 g/mol. The molecule has 2 fully saturated rings. The van der Waals surface area contributed by atoms with Gasteiger partial charge in [0.15, 0.2) is 0 Å². The first-order chi connectivity index (χ1) is 9.69. The van der Waals surface area contributed by atoms with Crippen LogP contribution in [0.15, 0.2) is 18.2 Å². The average Bonchev–Trinajstić information content (AvgIpc) is 3.12. The molecule has 110 valence electrons. The van der Waals surface area contributed by atoms with Gasteiger partial charge in [-0.1, -0.05) is 6.07 Å². The summed E-state index contributed by atoms with van der Waals surface area (Å²) in [4.78, 5) is 0. The number of ether oxygens (including phenoxy) is 2. The Labute approximate surface area is 121 Å². The van der Waals surface area contributed by atoms with E-state index < -0.39 is 0 Å². The molecule has 0 amide bonds. The van der Waals surface area contributed by atoms with Crippen molar-refractivity contribution in [3.63, 3.8) is 0 Å². The highest BCUT2D eigenvalue weighted by molar-refractivity contribution is 5.33. The maximum absolute atomic E-state index is 6.03. The summed E-state index contributed by atoms with van der Waals surface area (Å²) in [5, 5.41) is 3.54. The van der Waals surface area contributed by atoms with Crippen LogP contribution in [0.1, 0.15) is 36.8 Å². The Kier molecular flexibility index (Phi) is 4.27. The summed E-state index contributed by atoms with van der Waals surface area (Å²) in [5.74, 6) is 0.964. The van der Waals surface area contributed by atoms with Crippen LogP contribution < -0.4 is 10.1 Å². The number of hydrogen-bond acceptors (Lipinski definition) is 3. The van der Waals surface area contributed by atoms with Crippen LogP contribution in [0.3, 0.4) is 0 Å². The Morgan fingerprint density at radius 1 is 1.05 bits per heavy atom. The normalized spacial score (nSPS) is 25.9. The zero-order valence-electron chi connectivity index (χ0n) is 12.5. The maximum Gasteiger partial charge on any atom is 0.119 e. The highest BCUT2D eigenvalue weighted by Crippen LogP contribution is 2.24.